The van der Waals surface area contributed by atoms with E-state index in [1.807, 2.05) is 93.2 Å². The maximum atomic E-state index is 14.0. The average molecular weight is 1000 g/mol. The van der Waals surface area contributed by atoms with Crippen LogP contribution < -0.4 is 10.6 Å². The van der Waals surface area contributed by atoms with Crippen LogP contribution in [0.4, 0.5) is 0 Å². The third-order valence-corrected chi connectivity index (χ3v) is 16.1. The number of hydrogen-bond acceptors (Lipinski definition) is 13. The molecular weight excluding hydrogens is 944 g/mol. The number of Topliss-reactive ketones (excluding diaryl/α,β-unsaturated/α-hetero) is 1. The number of carbonyl (C=O) groups is 4. The first kappa shape index (κ1) is 50.9. The molecule has 0 saturated carbocycles. The number of thiophene rings is 1. The van der Waals surface area contributed by atoms with Gasteiger partial charge in [0.25, 0.3) is 0 Å². The molecule has 2 aromatic carbocycles. The van der Waals surface area contributed by atoms with E-state index in [2.05, 4.69) is 39.7 Å². The Morgan fingerprint density at radius 3 is 2.40 bits per heavy atom. The number of β-amino-alcohol motifs (C(OH)–C–C–N with tert-alkyl or cyclic N) is 1. The van der Waals surface area contributed by atoms with Crippen molar-refractivity contribution < 1.29 is 33.2 Å². The Morgan fingerprint density at radius 1 is 0.985 bits per heavy atom. The zero-order chi connectivity index (χ0) is 48.9. The number of amides is 3. The highest BCUT2D eigenvalue weighted by Gasteiger charge is 2.44. The summed E-state index contributed by atoms with van der Waals surface area (Å²) in [5.74, 6) is 0.448. The molecule has 3 unspecified atom stereocenters. The number of likely N-dealkylation sites (tertiary alicyclic amines) is 1. The number of ketones is 1. The number of aryl methyl sites for hydroxylation is 4. The van der Waals surface area contributed by atoms with Crippen molar-refractivity contribution in [3.8, 4) is 15.4 Å². The fourth-order valence-corrected chi connectivity index (χ4v) is 11.6. The Balaban J connectivity index is 0.848. The largest absolute Gasteiger partial charge is 0.391 e. The van der Waals surface area contributed by atoms with Crippen LogP contribution >= 0.6 is 34.3 Å². The Hall–Kier alpha value is -4.98. The zero-order valence-corrected chi connectivity index (χ0v) is 42.7. The number of carbonyl (C=O) groups excluding carboxylic acids is 4. The summed E-state index contributed by atoms with van der Waals surface area (Å²) in [7, 11) is -1.27. The van der Waals surface area contributed by atoms with Crippen molar-refractivity contribution in [2.24, 2.45) is 10.4 Å². The number of nitrogens with one attached hydrogen (secondary N) is 2. The van der Waals surface area contributed by atoms with Gasteiger partial charge in [-0.25, -0.2) is 4.98 Å². The number of rotatable bonds is 19. The number of aliphatic hydroxyl groups is 1. The lowest BCUT2D eigenvalue weighted by Crippen LogP contribution is -2.57. The third-order valence-electron chi connectivity index (χ3n) is 12.3. The van der Waals surface area contributed by atoms with E-state index in [0.29, 0.717) is 35.3 Å². The van der Waals surface area contributed by atoms with Gasteiger partial charge in [-0.2, -0.15) is 0 Å². The first-order valence-corrected chi connectivity index (χ1v) is 26.3. The molecule has 1 saturated heterocycles. The van der Waals surface area contributed by atoms with Crippen LogP contribution in [0.3, 0.4) is 0 Å². The van der Waals surface area contributed by atoms with Gasteiger partial charge in [0.2, 0.25) is 17.7 Å². The van der Waals surface area contributed by atoms with E-state index in [1.54, 1.807) is 22.7 Å². The van der Waals surface area contributed by atoms with E-state index in [-0.39, 0.29) is 63.0 Å². The maximum Gasteiger partial charge on any atom is 0.246 e. The number of aliphatic imine (C=N–C) groups is 1. The smallest absolute Gasteiger partial charge is 0.246 e. The lowest BCUT2D eigenvalue weighted by atomic mass is 9.85. The number of thiazole rings is 1. The summed E-state index contributed by atoms with van der Waals surface area (Å²) in [5, 5.41) is 26.7. The van der Waals surface area contributed by atoms with E-state index >= 15 is 0 Å². The fourth-order valence-electron chi connectivity index (χ4n) is 8.49. The van der Waals surface area contributed by atoms with Gasteiger partial charge in [0.15, 0.2) is 11.6 Å². The molecule has 5 atom stereocenters. The van der Waals surface area contributed by atoms with Gasteiger partial charge in [0.1, 0.15) is 29.5 Å². The molecule has 0 spiro atoms. The molecule has 2 aliphatic heterocycles. The van der Waals surface area contributed by atoms with Gasteiger partial charge >= 0.3 is 0 Å². The van der Waals surface area contributed by atoms with E-state index in [0.717, 1.165) is 54.0 Å². The Labute approximate surface area is 412 Å². The molecular formula is C49H59ClN8O7S3. The minimum absolute atomic E-state index is 0.00135. The van der Waals surface area contributed by atoms with E-state index in [9.17, 15) is 28.5 Å². The molecule has 3 N–H and O–H groups in total. The van der Waals surface area contributed by atoms with Crippen molar-refractivity contribution in [2.75, 3.05) is 37.8 Å². The summed E-state index contributed by atoms with van der Waals surface area (Å²) in [6, 6.07) is 13.1. The van der Waals surface area contributed by atoms with E-state index in [4.69, 9.17) is 21.3 Å². The van der Waals surface area contributed by atoms with Crippen LogP contribution in [0.5, 0.6) is 0 Å². The van der Waals surface area contributed by atoms with Gasteiger partial charge in [-0.15, -0.1) is 32.9 Å². The lowest BCUT2D eigenvalue weighted by molar-refractivity contribution is -0.144. The first-order valence-electron chi connectivity index (χ1n) is 22.7. The summed E-state index contributed by atoms with van der Waals surface area (Å²) in [5.41, 5.74) is 7.82. The molecule has 7 rings (SSSR count). The SMILES string of the molecule is Cc1ncsc1-c1ccc(CCC(=O)[C@@H]2CC(O)CN2C(=O)[C@@H](NC(=O)COCCCS(=O)CCNC(=O)CC2N=C(c3ccc(Cl)cc3)c3c(sc(C)c3C)-n3c(C)nnc32)C(C)(C)C)cc1. The molecule has 68 heavy (non-hydrogen) atoms. The van der Waals surface area contributed by atoms with Gasteiger partial charge in [-0.3, -0.25) is 32.9 Å². The number of nitrogens with zero attached hydrogens (tertiary/aromatic N) is 6. The number of benzene rings is 2. The molecule has 362 valence electrons. The van der Waals surface area contributed by atoms with Crippen LogP contribution in [0.25, 0.3) is 15.4 Å². The van der Waals surface area contributed by atoms with E-state index < -0.39 is 52.3 Å². The highest BCUT2D eigenvalue weighted by molar-refractivity contribution is 7.85. The first-order chi connectivity index (χ1) is 32.4. The molecule has 15 nitrogen and oxygen atoms in total. The molecule has 0 radical (unpaired) electrons. The van der Waals surface area contributed by atoms with Crippen molar-refractivity contribution in [1.82, 2.24) is 35.3 Å². The number of hydrogen-bond donors (Lipinski definition) is 3. The summed E-state index contributed by atoms with van der Waals surface area (Å²) >= 11 is 9.45. The van der Waals surface area contributed by atoms with Gasteiger partial charge in [-0.1, -0.05) is 68.8 Å². The van der Waals surface area contributed by atoms with Gasteiger partial charge in [-0.05, 0) is 74.8 Å². The van der Waals surface area contributed by atoms with Crippen LogP contribution in [0.15, 0.2) is 59.0 Å². The number of aliphatic hydroxyl groups excluding tert-OH is 1. The Bertz CT molecular complexity index is 2690. The number of ether oxygens (including phenoxy) is 1. The van der Waals surface area contributed by atoms with Crippen molar-refractivity contribution in [2.45, 2.75) is 105 Å². The van der Waals surface area contributed by atoms with E-state index in [1.165, 1.54) is 4.90 Å². The Morgan fingerprint density at radius 2 is 1.71 bits per heavy atom. The molecule has 5 heterocycles. The second kappa shape index (κ2) is 22.2. The second-order valence-corrected chi connectivity index (χ2v) is 22.6. The Kier molecular flexibility index (Phi) is 16.6. The van der Waals surface area contributed by atoms with Crippen molar-refractivity contribution >= 4 is 74.3 Å². The second-order valence-electron chi connectivity index (χ2n) is 18.4. The van der Waals surface area contributed by atoms with Crippen LogP contribution in [0, 0.1) is 33.1 Å². The highest BCUT2D eigenvalue weighted by atomic mass is 35.5. The third kappa shape index (κ3) is 12.1. The quantitative estimate of drug-likeness (QED) is 0.0760. The predicted molar refractivity (Wildman–Crippen MR) is 267 cm³/mol. The molecule has 3 aromatic heterocycles. The zero-order valence-electron chi connectivity index (χ0n) is 39.5. The molecule has 5 aromatic rings. The fraction of sp³-hybridized carbons (Fsp3) is 0.469. The van der Waals surface area contributed by atoms with Gasteiger partial charge in [0, 0.05) is 75.9 Å². The maximum absolute atomic E-state index is 14.0. The molecule has 2 aliphatic rings. The normalized spacial score (nSPS) is 17.8. The summed E-state index contributed by atoms with van der Waals surface area (Å²) in [6.07, 6.45) is 0.386. The predicted octanol–water partition coefficient (Wildman–Crippen LogP) is 6.59. The molecule has 3 amide bonds. The number of halogens is 1. The topological polar surface area (TPSA) is 198 Å². The summed E-state index contributed by atoms with van der Waals surface area (Å²) in [6.45, 7) is 13.5. The van der Waals surface area contributed by atoms with Gasteiger partial charge in [0.05, 0.1) is 40.4 Å². The molecule has 19 heteroatoms. The highest BCUT2D eigenvalue weighted by Crippen LogP contribution is 2.40. The van der Waals surface area contributed by atoms with Crippen LogP contribution in [-0.4, -0.2) is 119 Å². The molecule has 0 aliphatic carbocycles. The minimum Gasteiger partial charge on any atom is -0.391 e. The molecule has 1 fully saturated rings. The van der Waals surface area contributed by atoms with Crippen LogP contribution in [0.2, 0.25) is 5.02 Å². The average Bonchev–Trinajstić information content (AvgIpc) is 4.06. The van der Waals surface area contributed by atoms with Crippen molar-refractivity contribution in [3.63, 3.8) is 0 Å². The lowest BCUT2D eigenvalue weighted by Gasteiger charge is -2.35. The minimum atomic E-state index is -1.27. The summed E-state index contributed by atoms with van der Waals surface area (Å²) in [4.78, 5) is 67.2. The number of fused-ring (bicyclic) bond motifs is 3. The molecule has 0 bridgehead atoms. The van der Waals surface area contributed by atoms with Crippen LogP contribution in [0.1, 0.15) is 97.0 Å². The monoisotopic (exact) mass is 1000 g/mol. The summed E-state index contributed by atoms with van der Waals surface area (Å²) < 4.78 is 20.5. The number of aromatic nitrogens is 4. The van der Waals surface area contributed by atoms with Crippen molar-refractivity contribution in [1.29, 1.82) is 0 Å². The van der Waals surface area contributed by atoms with Gasteiger partial charge < -0.3 is 25.4 Å². The van der Waals surface area contributed by atoms with Crippen molar-refractivity contribution in [3.05, 3.63) is 104 Å². The standard InChI is InChI=1S/C49H59ClN8O7S3/c1-28-30(3)67-48-42(28)43(33-14-16-35(50)17-15-33)53-37(46-56-55-31(4)58(46)48)24-40(61)51-19-22-68(64)21-8-20-65-26-41(62)54-45(49(5,6)7)47(63)57-25-36(59)23-38(57)39(60)18-11-32-9-12-34(13-10-32)44-29(2)52-27-66-44/h9-10,12-17,27,36-38,45,59H,8,11,18-26H2,1-7H3,(H,51,61)(H,54,62)/t36?,37?,38-,45+,68?/m0/s1. The van der Waals surface area contributed by atoms with Crippen LogP contribution in [-0.2, 0) is 41.1 Å².